The van der Waals surface area contributed by atoms with Crippen molar-refractivity contribution in [3.8, 4) is 0 Å². The molecular weight excluding hydrogens is 468 g/mol. The second-order valence-corrected chi connectivity index (χ2v) is 10.1. The third kappa shape index (κ3) is 4.03. The highest BCUT2D eigenvalue weighted by Gasteiger charge is 2.43. The van der Waals surface area contributed by atoms with E-state index in [9.17, 15) is 9.90 Å². The minimum atomic E-state index is -0.502. The molecular formula is C26H37BrN2O3. The van der Waals surface area contributed by atoms with Crippen LogP contribution in [-0.4, -0.2) is 51.9 Å². The molecule has 1 aromatic carbocycles. The number of aliphatic hydroxyl groups is 1. The number of esters is 1. The van der Waals surface area contributed by atoms with E-state index in [0.717, 1.165) is 51.6 Å². The lowest BCUT2D eigenvalue weighted by Gasteiger charge is -2.46. The first-order valence-electron chi connectivity index (χ1n) is 12.2. The van der Waals surface area contributed by atoms with Crippen LogP contribution < -0.4 is 0 Å². The minimum Gasteiger partial charge on any atom is -0.459 e. The average molecular weight is 505 g/mol. The second kappa shape index (κ2) is 9.47. The molecule has 0 spiro atoms. The first-order chi connectivity index (χ1) is 15.0. The van der Waals surface area contributed by atoms with Crippen molar-refractivity contribution < 1.29 is 14.6 Å². The van der Waals surface area contributed by atoms with E-state index in [1.807, 2.05) is 0 Å². The van der Waals surface area contributed by atoms with Crippen LogP contribution in [0.25, 0.3) is 10.9 Å². The third-order valence-corrected chi connectivity index (χ3v) is 7.96. The van der Waals surface area contributed by atoms with Crippen LogP contribution in [0.3, 0.4) is 0 Å². The zero-order valence-corrected chi connectivity index (χ0v) is 21.2. The van der Waals surface area contributed by atoms with Crippen molar-refractivity contribution in [2.24, 2.45) is 5.92 Å². The van der Waals surface area contributed by atoms with Gasteiger partial charge >= 0.3 is 5.97 Å². The summed E-state index contributed by atoms with van der Waals surface area (Å²) in [6.45, 7) is 8.38. The lowest BCUT2D eigenvalue weighted by atomic mass is 9.72. The van der Waals surface area contributed by atoms with Crippen LogP contribution in [0.15, 0.2) is 24.4 Å². The highest BCUT2D eigenvalue weighted by Crippen LogP contribution is 2.46. The molecule has 176 valence electrons. The number of likely N-dealkylation sites (tertiary alicyclic amines) is 1. The maximum absolute atomic E-state index is 13.2. The molecule has 5 rings (SSSR count). The Morgan fingerprint density at radius 3 is 2.75 bits per heavy atom. The number of carbonyl (C=O) groups is 1. The number of nitrogens with zero attached hydrogens (tertiary/aromatic N) is 2. The average Bonchev–Trinajstić information content (AvgIpc) is 3.15. The SMILES string of the molecule is Br.CCN1CC(C(=O)OC2CCCCC2O)C[C@@H]2c3cccc4c3c(cn4C(C)C)C[C@H]21. The Morgan fingerprint density at radius 2 is 2.03 bits per heavy atom. The molecule has 6 heteroatoms. The van der Waals surface area contributed by atoms with Crippen LogP contribution in [0, 0.1) is 5.92 Å². The highest BCUT2D eigenvalue weighted by molar-refractivity contribution is 8.93. The van der Waals surface area contributed by atoms with Crippen LogP contribution in [0.5, 0.6) is 0 Å². The number of aromatic nitrogens is 1. The fraction of sp³-hybridized carbons (Fsp3) is 0.654. The monoisotopic (exact) mass is 504 g/mol. The summed E-state index contributed by atoms with van der Waals surface area (Å²) in [4.78, 5) is 15.7. The second-order valence-electron chi connectivity index (χ2n) is 10.1. The molecule has 1 saturated carbocycles. The number of piperidine rings is 1. The van der Waals surface area contributed by atoms with Crippen LogP contribution in [0.2, 0.25) is 0 Å². The van der Waals surface area contributed by atoms with Crippen molar-refractivity contribution in [3.63, 3.8) is 0 Å². The van der Waals surface area contributed by atoms with E-state index in [0.29, 0.717) is 18.0 Å². The molecule has 2 aromatic rings. The number of halogens is 1. The summed E-state index contributed by atoms with van der Waals surface area (Å²) in [5.74, 6) is 0.113. The molecule has 2 fully saturated rings. The Balaban J connectivity index is 0.00000245. The topological polar surface area (TPSA) is 54.7 Å². The predicted octanol–water partition coefficient (Wildman–Crippen LogP) is 5.00. The fourth-order valence-electron chi connectivity index (χ4n) is 6.35. The zero-order chi connectivity index (χ0) is 21.7. The highest BCUT2D eigenvalue weighted by atomic mass is 79.9. The van der Waals surface area contributed by atoms with Gasteiger partial charge in [-0.3, -0.25) is 9.69 Å². The molecule has 5 atom stereocenters. The van der Waals surface area contributed by atoms with Gasteiger partial charge in [-0.05, 0) is 69.7 Å². The Kier molecular flexibility index (Phi) is 7.04. The summed E-state index contributed by atoms with van der Waals surface area (Å²) in [5.41, 5.74) is 4.17. The number of rotatable bonds is 4. The lowest BCUT2D eigenvalue weighted by molar-refractivity contribution is -0.165. The molecule has 1 saturated heterocycles. The number of aliphatic hydroxyl groups excluding tert-OH is 1. The maximum Gasteiger partial charge on any atom is 0.310 e. The van der Waals surface area contributed by atoms with E-state index in [-0.39, 0.29) is 35.0 Å². The first kappa shape index (κ1) is 23.8. The Bertz CT molecular complexity index is 971. The van der Waals surface area contributed by atoms with E-state index in [4.69, 9.17) is 4.74 Å². The van der Waals surface area contributed by atoms with Crippen LogP contribution >= 0.6 is 17.0 Å². The van der Waals surface area contributed by atoms with E-state index in [1.165, 1.54) is 22.0 Å². The van der Waals surface area contributed by atoms with Crippen molar-refractivity contribution in [1.29, 1.82) is 0 Å². The van der Waals surface area contributed by atoms with Gasteiger partial charge < -0.3 is 14.4 Å². The van der Waals surface area contributed by atoms with Crippen molar-refractivity contribution in [1.82, 2.24) is 9.47 Å². The van der Waals surface area contributed by atoms with E-state index in [1.54, 1.807) is 0 Å². The van der Waals surface area contributed by atoms with Crippen LogP contribution in [-0.2, 0) is 16.0 Å². The van der Waals surface area contributed by atoms with Crippen molar-refractivity contribution in [3.05, 3.63) is 35.5 Å². The van der Waals surface area contributed by atoms with Gasteiger partial charge in [-0.25, -0.2) is 0 Å². The standard InChI is InChI=1S/C26H36N2O3.BrH/c1-4-27-14-18(26(30)31-24-11-6-5-10-23(24)29)12-20-19-8-7-9-21-25(19)17(13-22(20)27)15-28(21)16(2)3;/h7-9,15-16,18,20,22-24,29H,4-6,10-14H2,1-3H3;1H/t18?,20-,22-,23?,24?;/m1./s1. The van der Waals surface area contributed by atoms with E-state index >= 15 is 0 Å². The fourth-order valence-corrected chi connectivity index (χ4v) is 6.35. The molecule has 0 amide bonds. The Labute approximate surface area is 201 Å². The molecule has 1 aromatic heterocycles. The molecule has 3 aliphatic rings. The summed E-state index contributed by atoms with van der Waals surface area (Å²) >= 11 is 0. The molecule has 1 aliphatic heterocycles. The van der Waals surface area contributed by atoms with Gasteiger partial charge in [-0.2, -0.15) is 0 Å². The van der Waals surface area contributed by atoms with Gasteiger partial charge in [0.15, 0.2) is 0 Å². The quantitative estimate of drug-likeness (QED) is 0.595. The number of benzene rings is 1. The number of likely N-dealkylation sites (N-methyl/N-ethyl adjacent to an activating group) is 1. The number of carbonyl (C=O) groups excluding carboxylic acids is 1. The molecule has 2 heterocycles. The Morgan fingerprint density at radius 1 is 1.25 bits per heavy atom. The predicted molar refractivity (Wildman–Crippen MR) is 133 cm³/mol. The summed E-state index contributed by atoms with van der Waals surface area (Å²) < 4.78 is 8.27. The summed E-state index contributed by atoms with van der Waals surface area (Å²) in [5, 5.41) is 11.7. The van der Waals surface area contributed by atoms with Crippen molar-refractivity contribution in [2.45, 2.75) is 89.5 Å². The van der Waals surface area contributed by atoms with Gasteiger partial charge in [-0.1, -0.05) is 25.5 Å². The maximum atomic E-state index is 13.2. The minimum absolute atomic E-state index is 0. The molecule has 0 bridgehead atoms. The van der Waals surface area contributed by atoms with Gasteiger partial charge in [0, 0.05) is 41.6 Å². The number of hydrogen-bond donors (Lipinski definition) is 1. The van der Waals surface area contributed by atoms with Gasteiger partial charge in [-0.15, -0.1) is 17.0 Å². The molecule has 2 aliphatic carbocycles. The summed E-state index contributed by atoms with van der Waals surface area (Å²) in [6.07, 6.45) is 7.00. The summed E-state index contributed by atoms with van der Waals surface area (Å²) in [6, 6.07) is 7.56. The van der Waals surface area contributed by atoms with Gasteiger partial charge in [0.1, 0.15) is 6.10 Å². The Hall–Kier alpha value is -1.37. The smallest absolute Gasteiger partial charge is 0.310 e. The molecule has 3 unspecified atom stereocenters. The number of ether oxygens (including phenoxy) is 1. The van der Waals surface area contributed by atoms with E-state index < -0.39 is 6.10 Å². The number of hydrogen-bond acceptors (Lipinski definition) is 4. The lowest BCUT2D eigenvalue weighted by Crippen LogP contribution is -2.52. The van der Waals surface area contributed by atoms with Gasteiger partial charge in [0.25, 0.3) is 0 Å². The zero-order valence-electron chi connectivity index (χ0n) is 19.5. The normalized spacial score (nSPS) is 30.1. The van der Waals surface area contributed by atoms with Crippen LogP contribution in [0.4, 0.5) is 0 Å². The largest absolute Gasteiger partial charge is 0.459 e. The van der Waals surface area contributed by atoms with Gasteiger partial charge in [0.05, 0.1) is 12.0 Å². The van der Waals surface area contributed by atoms with E-state index in [2.05, 4.69) is 54.6 Å². The van der Waals surface area contributed by atoms with Crippen molar-refractivity contribution in [2.75, 3.05) is 13.1 Å². The molecule has 0 radical (unpaired) electrons. The third-order valence-electron chi connectivity index (χ3n) is 7.96. The summed E-state index contributed by atoms with van der Waals surface area (Å²) in [7, 11) is 0. The van der Waals surface area contributed by atoms with Gasteiger partial charge in [0.2, 0.25) is 0 Å². The number of fused-ring (bicyclic) bond motifs is 2. The van der Waals surface area contributed by atoms with Crippen LogP contribution in [0.1, 0.15) is 76.0 Å². The van der Waals surface area contributed by atoms with Crippen molar-refractivity contribution >= 4 is 33.9 Å². The first-order valence-corrected chi connectivity index (χ1v) is 12.2. The molecule has 1 N–H and O–H groups in total. The molecule has 5 nitrogen and oxygen atoms in total. The molecule has 32 heavy (non-hydrogen) atoms.